The summed E-state index contributed by atoms with van der Waals surface area (Å²) in [4.78, 5) is 25.3. The fourth-order valence-electron chi connectivity index (χ4n) is 5.36. The molecule has 0 aromatic carbocycles. The SMILES string of the molecule is CCOC(=O)N1CCC2(CC(N3CCC(c4nccn4C/C=N/C)CC3)C2)C1. The highest BCUT2D eigenvalue weighted by Crippen LogP contribution is 2.51. The van der Waals surface area contributed by atoms with Gasteiger partial charge in [0, 0.05) is 50.7 Å². The molecule has 3 aliphatic rings. The number of likely N-dealkylation sites (tertiary alicyclic amines) is 2. The molecule has 0 N–H and O–H groups in total. The third kappa shape index (κ3) is 3.81. The Morgan fingerprint density at radius 1 is 1.36 bits per heavy atom. The summed E-state index contributed by atoms with van der Waals surface area (Å²) in [6.45, 7) is 7.20. The summed E-state index contributed by atoms with van der Waals surface area (Å²) in [5.74, 6) is 1.77. The number of imidazole rings is 1. The van der Waals surface area contributed by atoms with Gasteiger partial charge in [0.05, 0.1) is 13.2 Å². The van der Waals surface area contributed by atoms with E-state index < -0.39 is 0 Å². The molecule has 0 unspecified atom stereocenters. The van der Waals surface area contributed by atoms with Crippen LogP contribution in [0.2, 0.25) is 0 Å². The summed E-state index contributed by atoms with van der Waals surface area (Å²) in [5.41, 5.74) is 0.351. The first-order valence-electron chi connectivity index (χ1n) is 10.7. The number of piperidine rings is 1. The molecule has 1 aromatic rings. The second kappa shape index (κ2) is 8.23. The van der Waals surface area contributed by atoms with Crippen LogP contribution >= 0.6 is 0 Å². The van der Waals surface area contributed by atoms with Crippen LogP contribution in [0.25, 0.3) is 0 Å². The summed E-state index contributed by atoms with van der Waals surface area (Å²) >= 11 is 0. The van der Waals surface area contributed by atoms with Crippen molar-refractivity contribution in [2.24, 2.45) is 10.4 Å². The van der Waals surface area contributed by atoms with Crippen molar-refractivity contribution in [2.45, 2.75) is 57.5 Å². The number of rotatable bonds is 5. The molecule has 0 radical (unpaired) electrons. The number of nitrogens with zero attached hydrogens (tertiary/aromatic N) is 5. The molecule has 0 bridgehead atoms. The lowest BCUT2D eigenvalue weighted by molar-refractivity contribution is -0.00518. The van der Waals surface area contributed by atoms with E-state index in [1.807, 2.05) is 31.3 Å². The van der Waals surface area contributed by atoms with Gasteiger partial charge in [-0.25, -0.2) is 9.78 Å². The minimum atomic E-state index is -0.132. The predicted octanol–water partition coefficient (Wildman–Crippen LogP) is 2.77. The summed E-state index contributed by atoms with van der Waals surface area (Å²) in [6.07, 6.45) is 11.7. The lowest BCUT2D eigenvalue weighted by atomic mass is 9.64. The Kier molecular flexibility index (Phi) is 5.71. The first-order chi connectivity index (χ1) is 13.6. The van der Waals surface area contributed by atoms with Gasteiger partial charge in [-0.05, 0) is 57.5 Å². The van der Waals surface area contributed by atoms with Crippen molar-refractivity contribution < 1.29 is 9.53 Å². The number of carbonyl (C=O) groups is 1. The largest absolute Gasteiger partial charge is 0.450 e. The third-order valence-electron chi connectivity index (χ3n) is 6.92. The van der Waals surface area contributed by atoms with Gasteiger partial charge in [0.15, 0.2) is 0 Å². The van der Waals surface area contributed by atoms with E-state index >= 15 is 0 Å². The molecule has 7 nitrogen and oxygen atoms in total. The van der Waals surface area contributed by atoms with Gasteiger partial charge >= 0.3 is 6.09 Å². The van der Waals surface area contributed by atoms with Crippen LogP contribution in [0.15, 0.2) is 17.4 Å². The van der Waals surface area contributed by atoms with Crippen molar-refractivity contribution in [2.75, 3.05) is 39.8 Å². The number of ether oxygens (including phenoxy) is 1. The molecule has 3 fully saturated rings. The molecule has 1 aliphatic carbocycles. The highest BCUT2D eigenvalue weighted by atomic mass is 16.6. The van der Waals surface area contributed by atoms with Crippen LogP contribution in [0.3, 0.4) is 0 Å². The Labute approximate surface area is 167 Å². The van der Waals surface area contributed by atoms with Crippen LogP contribution in [-0.4, -0.2) is 77.5 Å². The fourth-order valence-corrected chi connectivity index (χ4v) is 5.36. The molecule has 2 saturated heterocycles. The van der Waals surface area contributed by atoms with E-state index in [2.05, 4.69) is 25.6 Å². The summed E-state index contributed by atoms with van der Waals surface area (Å²) in [6, 6.07) is 0.690. The second-order valence-corrected chi connectivity index (χ2v) is 8.62. The number of hydrogen-bond donors (Lipinski definition) is 0. The Hall–Kier alpha value is -1.89. The smallest absolute Gasteiger partial charge is 0.409 e. The van der Waals surface area contributed by atoms with Crippen molar-refractivity contribution in [3.05, 3.63) is 18.2 Å². The number of amides is 1. The van der Waals surface area contributed by atoms with Crippen LogP contribution < -0.4 is 0 Å². The average molecular weight is 388 g/mol. The maximum absolute atomic E-state index is 12.0. The zero-order valence-corrected chi connectivity index (χ0v) is 17.2. The van der Waals surface area contributed by atoms with Crippen molar-refractivity contribution >= 4 is 12.3 Å². The lowest BCUT2D eigenvalue weighted by Crippen LogP contribution is -2.54. The molecule has 4 rings (SSSR count). The van der Waals surface area contributed by atoms with Gasteiger partial charge in [-0.15, -0.1) is 0 Å². The number of hydrogen-bond acceptors (Lipinski definition) is 5. The molecule has 2 aliphatic heterocycles. The van der Waals surface area contributed by atoms with Crippen molar-refractivity contribution in [1.82, 2.24) is 19.4 Å². The minimum absolute atomic E-state index is 0.132. The molecule has 7 heteroatoms. The highest BCUT2D eigenvalue weighted by Gasteiger charge is 2.51. The molecular weight excluding hydrogens is 354 g/mol. The molecule has 1 saturated carbocycles. The van der Waals surface area contributed by atoms with Gasteiger partial charge in [-0.2, -0.15) is 0 Å². The van der Waals surface area contributed by atoms with Gasteiger partial charge in [-0.3, -0.25) is 4.99 Å². The van der Waals surface area contributed by atoms with Gasteiger partial charge in [0.2, 0.25) is 0 Å². The monoisotopic (exact) mass is 387 g/mol. The van der Waals surface area contributed by atoms with Crippen molar-refractivity contribution in [3.8, 4) is 0 Å². The topological polar surface area (TPSA) is 63.0 Å². The Morgan fingerprint density at radius 2 is 2.14 bits per heavy atom. The predicted molar refractivity (Wildman–Crippen MR) is 109 cm³/mol. The van der Waals surface area contributed by atoms with E-state index in [9.17, 15) is 4.79 Å². The van der Waals surface area contributed by atoms with E-state index in [0.29, 0.717) is 24.0 Å². The van der Waals surface area contributed by atoms with E-state index in [1.54, 1.807) is 0 Å². The van der Waals surface area contributed by atoms with Gasteiger partial charge in [-0.1, -0.05) is 0 Å². The first-order valence-corrected chi connectivity index (χ1v) is 10.7. The number of carbonyl (C=O) groups excluding carboxylic acids is 1. The quantitative estimate of drug-likeness (QED) is 0.729. The third-order valence-corrected chi connectivity index (χ3v) is 6.92. The van der Waals surface area contributed by atoms with Gasteiger partial charge in [0.25, 0.3) is 0 Å². The van der Waals surface area contributed by atoms with Crippen molar-refractivity contribution in [1.29, 1.82) is 0 Å². The van der Waals surface area contributed by atoms with E-state index in [4.69, 9.17) is 4.74 Å². The van der Waals surface area contributed by atoms with Gasteiger partial charge < -0.3 is 19.1 Å². The summed E-state index contributed by atoms with van der Waals surface area (Å²) in [5, 5.41) is 0. The van der Waals surface area contributed by atoms with Crippen LogP contribution in [0, 0.1) is 5.41 Å². The van der Waals surface area contributed by atoms with Crippen LogP contribution in [0.4, 0.5) is 4.79 Å². The Bertz CT molecular complexity index is 701. The Balaban J connectivity index is 1.25. The normalized spacial score (nSPS) is 28.9. The molecule has 1 aromatic heterocycles. The number of aliphatic imine (C=N–C) groups is 1. The zero-order valence-electron chi connectivity index (χ0n) is 17.2. The van der Waals surface area contributed by atoms with Crippen LogP contribution in [0.1, 0.15) is 50.8 Å². The Morgan fingerprint density at radius 3 is 2.86 bits per heavy atom. The summed E-state index contributed by atoms with van der Waals surface area (Å²) in [7, 11) is 1.82. The van der Waals surface area contributed by atoms with Gasteiger partial charge in [0.1, 0.15) is 5.82 Å². The van der Waals surface area contributed by atoms with Crippen LogP contribution in [-0.2, 0) is 11.3 Å². The molecule has 28 heavy (non-hydrogen) atoms. The average Bonchev–Trinajstić information content (AvgIpc) is 3.33. The minimum Gasteiger partial charge on any atom is -0.450 e. The lowest BCUT2D eigenvalue weighted by Gasteiger charge is -2.51. The molecule has 1 spiro atoms. The fraction of sp³-hybridized carbons (Fsp3) is 0.762. The maximum atomic E-state index is 12.0. The van der Waals surface area contributed by atoms with E-state index in [0.717, 1.165) is 39.1 Å². The second-order valence-electron chi connectivity index (χ2n) is 8.62. The maximum Gasteiger partial charge on any atom is 0.409 e. The molecular formula is C21H33N5O2. The van der Waals surface area contributed by atoms with Crippen LogP contribution in [0.5, 0.6) is 0 Å². The molecule has 154 valence electrons. The van der Waals surface area contributed by atoms with E-state index in [1.165, 1.54) is 31.5 Å². The molecule has 3 heterocycles. The molecule has 1 amide bonds. The summed E-state index contributed by atoms with van der Waals surface area (Å²) < 4.78 is 7.40. The number of aromatic nitrogens is 2. The van der Waals surface area contributed by atoms with E-state index in [-0.39, 0.29) is 6.09 Å². The standard InChI is InChI=1S/C21H33N5O2/c1-3-28-20(27)26-11-6-21(16-26)14-18(15-21)24-9-4-17(5-10-24)19-23-8-13-25(19)12-7-22-2/h7-8,13,17-18H,3-6,9-12,14-16H2,1-2H3/b22-7+. The first kappa shape index (κ1) is 19.4. The molecule has 0 atom stereocenters. The zero-order chi connectivity index (χ0) is 19.6. The van der Waals surface area contributed by atoms with Crippen molar-refractivity contribution in [3.63, 3.8) is 0 Å². The highest BCUT2D eigenvalue weighted by molar-refractivity contribution is 5.68.